The SMILES string of the molecule is O=C(Nc1ccc(Oc2cccc(Oc3ccc(NC(=O)c4cccc(F)c4)cc3)c2)cc1)c1cccc(F)c1. The second-order valence-electron chi connectivity index (χ2n) is 8.66. The van der Waals surface area contributed by atoms with Gasteiger partial charge in [0, 0.05) is 28.6 Å². The molecule has 0 saturated carbocycles. The van der Waals surface area contributed by atoms with Crippen molar-refractivity contribution in [2.45, 2.75) is 0 Å². The van der Waals surface area contributed by atoms with E-state index in [1.807, 2.05) is 0 Å². The molecule has 0 fully saturated rings. The predicted octanol–water partition coefficient (Wildman–Crippen LogP) is 8.05. The fourth-order valence-electron chi connectivity index (χ4n) is 3.75. The van der Waals surface area contributed by atoms with E-state index in [-0.39, 0.29) is 11.1 Å². The molecule has 6 nitrogen and oxygen atoms in total. The first-order valence-corrected chi connectivity index (χ1v) is 12.2. The van der Waals surface area contributed by atoms with Crippen molar-refractivity contribution < 1.29 is 27.8 Å². The summed E-state index contributed by atoms with van der Waals surface area (Å²) < 4.78 is 38.6. The number of rotatable bonds is 8. The number of hydrogen-bond donors (Lipinski definition) is 2. The summed E-state index contributed by atoms with van der Waals surface area (Å²) in [7, 11) is 0. The molecular formula is C32H22F2N2O4. The average molecular weight is 537 g/mol. The monoisotopic (exact) mass is 536 g/mol. The van der Waals surface area contributed by atoms with E-state index in [1.54, 1.807) is 72.8 Å². The Kier molecular flexibility index (Phi) is 7.78. The molecule has 0 atom stereocenters. The number of benzene rings is 5. The first-order valence-electron chi connectivity index (χ1n) is 12.2. The number of hydrogen-bond acceptors (Lipinski definition) is 4. The molecule has 0 heterocycles. The lowest BCUT2D eigenvalue weighted by atomic mass is 10.2. The summed E-state index contributed by atoms with van der Waals surface area (Å²) in [6.07, 6.45) is 0. The summed E-state index contributed by atoms with van der Waals surface area (Å²) in [6, 6.07) is 31.5. The highest BCUT2D eigenvalue weighted by atomic mass is 19.1. The molecule has 2 amide bonds. The van der Waals surface area contributed by atoms with E-state index in [1.165, 1.54) is 48.5 Å². The van der Waals surface area contributed by atoms with E-state index >= 15 is 0 Å². The number of amides is 2. The van der Waals surface area contributed by atoms with Crippen LogP contribution in [0.2, 0.25) is 0 Å². The van der Waals surface area contributed by atoms with Gasteiger partial charge in [-0.15, -0.1) is 0 Å². The number of carbonyl (C=O) groups is 2. The van der Waals surface area contributed by atoms with Crippen LogP contribution >= 0.6 is 0 Å². The van der Waals surface area contributed by atoms with E-state index in [4.69, 9.17) is 9.47 Å². The van der Waals surface area contributed by atoms with Crippen molar-refractivity contribution in [3.8, 4) is 23.0 Å². The summed E-state index contributed by atoms with van der Waals surface area (Å²) in [5, 5.41) is 5.44. The Morgan fingerprint density at radius 1 is 0.475 bits per heavy atom. The van der Waals surface area contributed by atoms with Crippen molar-refractivity contribution in [2.75, 3.05) is 10.6 Å². The molecular weight excluding hydrogens is 514 g/mol. The Morgan fingerprint density at radius 2 is 0.875 bits per heavy atom. The topological polar surface area (TPSA) is 76.7 Å². The number of halogens is 2. The largest absolute Gasteiger partial charge is 0.457 e. The van der Waals surface area contributed by atoms with Crippen LogP contribution in [0.1, 0.15) is 20.7 Å². The molecule has 0 unspecified atom stereocenters. The number of carbonyl (C=O) groups excluding carboxylic acids is 2. The van der Waals surface area contributed by atoms with E-state index in [0.29, 0.717) is 34.4 Å². The molecule has 40 heavy (non-hydrogen) atoms. The van der Waals surface area contributed by atoms with E-state index < -0.39 is 23.4 Å². The first-order chi connectivity index (χ1) is 19.4. The minimum absolute atomic E-state index is 0.223. The van der Waals surface area contributed by atoms with Gasteiger partial charge in [0.1, 0.15) is 34.6 Å². The standard InChI is InChI=1S/C32H22F2N2O4/c33-23-6-1-4-21(18-23)31(37)35-25-10-14-27(15-11-25)39-29-8-3-9-30(20-29)40-28-16-12-26(13-17-28)36-32(38)22-5-2-7-24(34)19-22/h1-20H,(H,35,37)(H,36,38). The van der Waals surface area contributed by atoms with Crippen LogP contribution in [0.3, 0.4) is 0 Å². The molecule has 5 aromatic rings. The Bertz CT molecular complexity index is 1530. The van der Waals surface area contributed by atoms with Crippen LogP contribution in [0.5, 0.6) is 23.0 Å². The van der Waals surface area contributed by atoms with Gasteiger partial charge in [-0.1, -0.05) is 18.2 Å². The van der Waals surface area contributed by atoms with Gasteiger partial charge in [-0.2, -0.15) is 0 Å². The first kappa shape index (κ1) is 26.1. The fraction of sp³-hybridized carbons (Fsp3) is 0. The number of nitrogens with one attached hydrogen (secondary N) is 2. The molecule has 0 spiro atoms. The molecule has 0 aliphatic carbocycles. The Labute approximate surface area is 228 Å². The van der Waals surface area contributed by atoms with Crippen LogP contribution < -0.4 is 20.1 Å². The number of ether oxygens (including phenoxy) is 2. The normalized spacial score (nSPS) is 10.4. The van der Waals surface area contributed by atoms with Crippen molar-refractivity contribution in [3.63, 3.8) is 0 Å². The Hall–Kier alpha value is -5.50. The summed E-state index contributed by atoms with van der Waals surface area (Å²) in [4.78, 5) is 24.6. The molecule has 198 valence electrons. The smallest absolute Gasteiger partial charge is 0.255 e. The van der Waals surface area contributed by atoms with Crippen LogP contribution in [-0.4, -0.2) is 11.8 Å². The average Bonchev–Trinajstić information content (AvgIpc) is 2.95. The lowest BCUT2D eigenvalue weighted by molar-refractivity contribution is 0.101. The molecule has 0 bridgehead atoms. The van der Waals surface area contributed by atoms with Gasteiger partial charge < -0.3 is 20.1 Å². The maximum absolute atomic E-state index is 13.4. The summed E-state index contributed by atoms with van der Waals surface area (Å²) in [5.41, 5.74) is 1.52. The third-order valence-electron chi connectivity index (χ3n) is 5.67. The van der Waals surface area contributed by atoms with Crippen LogP contribution in [0.4, 0.5) is 20.2 Å². The van der Waals surface area contributed by atoms with Gasteiger partial charge in [-0.05, 0) is 97.1 Å². The second kappa shape index (κ2) is 11.9. The zero-order chi connectivity index (χ0) is 27.9. The highest BCUT2D eigenvalue weighted by Crippen LogP contribution is 2.29. The zero-order valence-corrected chi connectivity index (χ0v) is 20.9. The Balaban J connectivity index is 1.17. The molecule has 5 aromatic carbocycles. The third kappa shape index (κ3) is 6.87. The van der Waals surface area contributed by atoms with Gasteiger partial charge in [-0.25, -0.2) is 8.78 Å². The lowest BCUT2D eigenvalue weighted by Crippen LogP contribution is -2.11. The van der Waals surface area contributed by atoms with Crippen molar-refractivity contribution in [1.82, 2.24) is 0 Å². The van der Waals surface area contributed by atoms with E-state index in [0.717, 1.165) is 0 Å². The van der Waals surface area contributed by atoms with Gasteiger partial charge >= 0.3 is 0 Å². The molecule has 0 radical (unpaired) electrons. The molecule has 0 saturated heterocycles. The van der Waals surface area contributed by atoms with Crippen molar-refractivity contribution in [2.24, 2.45) is 0 Å². The second-order valence-corrected chi connectivity index (χ2v) is 8.66. The molecule has 0 aromatic heterocycles. The van der Waals surface area contributed by atoms with E-state index in [9.17, 15) is 18.4 Å². The molecule has 5 rings (SSSR count). The fourth-order valence-corrected chi connectivity index (χ4v) is 3.75. The Morgan fingerprint density at radius 3 is 1.27 bits per heavy atom. The van der Waals surface area contributed by atoms with Gasteiger partial charge in [0.25, 0.3) is 11.8 Å². The van der Waals surface area contributed by atoms with Crippen molar-refractivity contribution in [1.29, 1.82) is 0 Å². The van der Waals surface area contributed by atoms with Crippen molar-refractivity contribution >= 4 is 23.2 Å². The molecule has 0 aliphatic rings. The maximum atomic E-state index is 13.4. The highest BCUT2D eigenvalue weighted by molar-refractivity contribution is 6.04. The summed E-state index contributed by atoms with van der Waals surface area (Å²) in [5.74, 6) is 0.358. The molecule has 2 N–H and O–H groups in total. The molecule has 0 aliphatic heterocycles. The van der Waals surface area contributed by atoms with Gasteiger partial charge in [0.05, 0.1) is 0 Å². The zero-order valence-electron chi connectivity index (χ0n) is 20.9. The quantitative estimate of drug-likeness (QED) is 0.210. The molecule has 8 heteroatoms. The highest BCUT2D eigenvalue weighted by Gasteiger charge is 2.09. The lowest BCUT2D eigenvalue weighted by Gasteiger charge is -2.11. The van der Waals surface area contributed by atoms with Gasteiger partial charge in [0.15, 0.2) is 0 Å². The van der Waals surface area contributed by atoms with Gasteiger partial charge in [0.2, 0.25) is 0 Å². The summed E-state index contributed by atoms with van der Waals surface area (Å²) in [6.45, 7) is 0. The minimum Gasteiger partial charge on any atom is -0.457 e. The van der Waals surface area contributed by atoms with Gasteiger partial charge in [-0.3, -0.25) is 9.59 Å². The van der Waals surface area contributed by atoms with Crippen LogP contribution in [-0.2, 0) is 0 Å². The predicted molar refractivity (Wildman–Crippen MR) is 148 cm³/mol. The van der Waals surface area contributed by atoms with E-state index in [2.05, 4.69) is 10.6 Å². The maximum Gasteiger partial charge on any atom is 0.255 e. The van der Waals surface area contributed by atoms with Crippen LogP contribution in [0.15, 0.2) is 121 Å². The van der Waals surface area contributed by atoms with Crippen LogP contribution in [0.25, 0.3) is 0 Å². The minimum atomic E-state index is -0.481. The number of anilines is 2. The third-order valence-corrected chi connectivity index (χ3v) is 5.67. The van der Waals surface area contributed by atoms with Crippen LogP contribution in [0, 0.1) is 11.6 Å². The summed E-state index contributed by atoms with van der Waals surface area (Å²) >= 11 is 0. The van der Waals surface area contributed by atoms with Crippen molar-refractivity contribution in [3.05, 3.63) is 144 Å².